The molecule has 0 amide bonds. The van der Waals surface area contributed by atoms with E-state index in [0.29, 0.717) is 0 Å². The molecule has 2 aliphatic rings. The van der Waals surface area contributed by atoms with Gasteiger partial charge in [0, 0.05) is 44.5 Å². The molecule has 0 unspecified atom stereocenters. The summed E-state index contributed by atoms with van der Waals surface area (Å²) in [5.41, 5.74) is 23.6. The van der Waals surface area contributed by atoms with E-state index in [1.54, 1.807) is 0 Å². The van der Waals surface area contributed by atoms with Gasteiger partial charge in [-0.1, -0.05) is 198 Å². The normalized spacial score (nSPS) is 13.8. The van der Waals surface area contributed by atoms with Crippen molar-refractivity contribution in [2.45, 2.75) is 38.5 Å². The van der Waals surface area contributed by atoms with Crippen LogP contribution < -0.4 is 4.90 Å². The van der Waals surface area contributed by atoms with Gasteiger partial charge in [-0.2, -0.15) is 0 Å². The van der Waals surface area contributed by atoms with Crippen LogP contribution in [0.25, 0.3) is 83.1 Å². The number of anilines is 3. The number of hydrogen-bond donors (Lipinski definition) is 0. The molecule has 0 fully saturated rings. The minimum Gasteiger partial charge on any atom is -0.310 e. The Hall–Kier alpha value is -8.20. The van der Waals surface area contributed by atoms with Crippen molar-refractivity contribution in [3.8, 4) is 61.5 Å². The van der Waals surface area contributed by atoms with E-state index in [4.69, 9.17) is 0 Å². The van der Waals surface area contributed by atoms with E-state index < -0.39 is 0 Å². The number of hydrogen-bond acceptors (Lipinski definition) is 1. The van der Waals surface area contributed by atoms with Crippen molar-refractivity contribution in [1.82, 2.24) is 4.57 Å². The van der Waals surface area contributed by atoms with Crippen molar-refractivity contribution < 1.29 is 0 Å². The maximum atomic E-state index is 2.46. The Morgan fingerprint density at radius 2 is 0.838 bits per heavy atom. The molecule has 2 aliphatic carbocycles. The first-order valence-electron chi connectivity index (χ1n) is 23.9. The van der Waals surface area contributed by atoms with Crippen molar-refractivity contribution in [3.05, 3.63) is 253 Å². The van der Waals surface area contributed by atoms with Gasteiger partial charge in [0.1, 0.15) is 0 Å². The smallest absolute Gasteiger partial charge is 0.0619 e. The molecule has 0 saturated carbocycles. The zero-order chi connectivity index (χ0) is 45.7. The number of para-hydroxylation sites is 1. The molecular formula is C66H50N2. The summed E-state index contributed by atoms with van der Waals surface area (Å²) < 4.78 is 2.45. The molecule has 11 aromatic rings. The Morgan fingerprint density at radius 1 is 0.353 bits per heavy atom. The fourth-order valence-corrected chi connectivity index (χ4v) is 11.8. The first-order chi connectivity index (χ1) is 33.3. The van der Waals surface area contributed by atoms with Gasteiger partial charge in [-0.25, -0.2) is 0 Å². The highest BCUT2D eigenvalue weighted by Crippen LogP contribution is 2.53. The number of aromatic nitrogens is 1. The third-order valence-corrected chi connectivity index (χ3v) is 15.2. The highest BCUT2D eigenvalue weighted by atomic mass is 15.1. The van der Waals surface area contributed by atoms with E-state index in [9.17, 15) is 0 Å². The molecule has 0 aliphatic heterocycles. The summed E-state index contributed by atoms with van der Waals surface area (Å²) in [6.07, 6.45) is 0. The molecule has 0 N–H and O–H groups in total. The molecule has 0 atom stereocenters. The minimum atomic E-state index is -0.115. The lowest BCUT2D eigenvalue weighted by molar-refractivity contribution is 0.660. The zero-order valence-electron chi connectivity index (χ0n) is 38.8. The molecule has 1 aromatic heterocycles. The first-order valence-corrected chi connectivity index (χ1v) is 23.9. The van der Waals surface area contributed by atoms with Gasteiger partial charge in [0.05, 0.1) is 11.2 Å². The molecule has 2 heteroatoms. The fraction of sp³-hybridized carbons (Fsp3) is 0.0909. The van der Waals surface area contributed by atoms with Crippen LogP contribution in [0.3, 0.4) is 0 Å². The van der Waals surface area contributed by atoms with Gasteiger partial charge < -0.3 is 9.47 Å². The molecule has 0 bridgehead atoms. The second-order valence-corrected chi connectivity index (χ2v) is 19.7. The summed E-state index contributed by atoms with van der Waals surface area (Å²) in [4.78, 5) is 2.46. The number of benzene rings is 10. The van der Waals surface area contributed by atoms with Crippen molar-refractivity contribution in [2.75, 3.05) is 4.90 Å². The van der Waals surface area contributed by atoms with Gasteiger partial charge in [-0.3, -0.25) is 0 Å². The molecular weight excluding hydrogens is 821 g/mol. The number of nitrogens with zero attached hydrogens (tertiary/aromatic N) is 2. The lowest BCUT2D eigenvalue weighted by atomic mass is 9.82. The monoisotopic (exact) mass is 870 g/mol. The summed E-state index contributed by atoms with van der Waals surface area (Å²) in [5, 5.41) is 3.71. The van der Waals surface area contributed by atoms with Crippen molar-refractivity contribution in [1.29, 1.82) is 0 Å². The topological polar surface area (TPSA) is 8.17 Å². The SMILES string of the molecule is CC1(C)c2ccccc2-c2ccc(N(c3ccc(-c4ccc5c(ccc6c5c(-c5ccccc5)c(-c5ccccc5)n6-c5ccccc5)c4)cc3)c3ccc4c(c3)C(C)(C)c3ccccc3-4)cc21. The summed E-state index contributed by atoms with van der Waals surface area (Å²) in [5.74, 6) is 0. The second-order valence-electron chi connectivity index (χ2n) is 19.7. The zero-order valence-corrected chi connectivity index (χ0v) is 38.8. The highest BCUT2D eigenvalue weighted by Gasteiger charge is 2.38. The Labute approximate surface area is 399 Å². The van der Waals surface area contributed by atoms with E-state index in [-0.39, 0.29) is 10.8 Å². The average molecular weight is 871 g/mol. The predicted octanol–water partition coefficient (Wildman–Crippen LogP) is 17.9. The predicted molar refractivity (Wildman–Crippen MR) is 287 cm³/mol. The number of fused-ring (bicyclic) bond motifs is 9. The van der Waals surface area contributed by atoms with Crippen LogP contribution in [0.5, 0.6) is 0 Å². The molecule has 13 rings (SSSR count). The molecule has 1 heterocycles. The molecule has 324 valence electrons. The fourth-order valence-electron chi connectivity index (χ4n) is 11.8. The Balaban J connectivity index is 0.947. The molecule has 68 heavy (non-hydrogen) atoms. The summed E-state index contributed by atoms with van der Waals surface area (Å²) in [6, 6.07) is 85.5. The third-order valence-electron chi connectivity index (χ3n) is 15.2. The van der Waals surface area contributed by atoms with Crippen LogP contribution in [0.4, 0.5) is 17.1 Å². The van der Waals surface area contributed by atoms with E-state index in [1.807, 2.05) is 0 Å². The Morgan fingerprint density at radius 3 is 1.43 bits per heavy atom. The van der Waals surface area contributed by atoms with Gasteiger partial charge in [-0.05, 0) is 138 Å². The Kier molecular flexibility index (Phi) is 8.95. The molecule has 0 saturated heterocycles. The van der Waals surface area contributed by atoms with Gasteiger partial charge in [-0.15, -0.1) is 0 Å². The van der Waals surface area contributed by atoms with Crippen LogP contribution in [0.15, 0.2) is 231 Å². The van der Waals surface area contributed by atoms with Crippen LogP contribution >= 0.6 is 0 Å². The molecule has 0 spiro atoms. The molecule has 10 aromatic carbocycles. The third kappa shape index (κ3) is 6.03. The number of rotatable bonds is 7. The van der Waals surface area contributed by atoms with Gasteiger partial charge in [0.25, 0.3) is 0 Å². The molecule has 2 nitrogen and oxygen atoms in total. The van der Waals surface area contributed by atoms with E-state index >= 15 is 0 Å². The maximum Gasteiger partial charge on any atom is 0.0619 e. The largest absolute Gasteiger partial charge is 0.310 e. The van der Waals surface area contributed by atoms with Gasteiger partial charge >= 0.3 is 0 Å². The van der Waals surface area contributed by atoms with Crippen LogP contribution in [0.1, 0.15) is 49.9 Å². The van der Waals surface area contributed by atoms with Gasteiger partial charge in [0.2, 0.25) is 0 Å². The highest BCUT2D eigenvalue weighted by molar-refractivity contribution is 6.19. The summed E-state index contributed by atoms with van der Waals surface area (Å²) >= 11 is 0. The van der Waals surface area contributed by atoms with Crippen LogP contribution in [0.2, 0.25) is 0 Å². The first kappa shape index (κ1) is 40.1. The quantitative estimate of drug-likeness (QED) is 0.155. The van der Waals surface area contributed by atoms with Gasteiger partial charge in [0.15, 0.2) is 0 Å². The van der Waals surface area contributed by atoms with E-state index in [0.717, 1.165) is 22.7 Å². The standard InChI is InChI=1S/C66H50N2/c1-65(2)57-26-16-14-24-53(57)55-37-34-50(41-59(55)65)67(51-35-38-56-54-25-15-17-27-58(54)66(3,4)60(56)42-51)49-32-28-43(29-33-49)46-30-36-52-47(40-46)31-39-61-63(52)62(44-18-8-5-9-19-44)64(45-20-10-6-11-21-45)68(61)48-22-12-7-13-23-48/h5-42H,1-4H3. The van der Waals surface area contributed by atoms with Crippen LogP contribution in [0, 0.1) is 0 Å². The maximum absolute atomic E-state index is 2.46. The summed E-state index contributed by atoms with van der Waals surface area (Å²) in [7, 11) is 0. The second kappa shape index (κ2) is 15.2. The lowest BCUT2D eigenvalue weighted by Gasteiger charge is -2.30. The Bertz CT molecular complexity index is 3660. The van der Waals surface area contributed by atoms with Crippen molar-refractivity contribution in [3.63, 3.8) is 0 Å². The van der Waals surface area contributed by atoms with Crippen molar-refractivity contribution in [2.24, 2.45) is 0 Å². The molecule has 0 radical (unpaired) electrons. The average Bonchev–Trinajstić information content (AvgIpc) is 3.95. The minimum absolute atomic E-state index is 0.115. The van der Waals surface area contributed by atoms with Crippen LogP contribution in [-0.2, 0) is 10.8 Å². The van der Waals surface area contributed by atoms with E-state index in [2.05, 4.69) is 268 Å². The van der Waals surface area contributed by atoms with E-state index in [1.165, 1.54) is 99.7 Å². The lowest BCUT2D eigenvalue weighted by Crippen LogP contribution is -2.18. The summed E-state index contributed by atoms with van der Waals surface area (Å²) in [6.45, 7) is 9.48. The van der Waals surface area contributed by atoms with Crippen LogP contribution in [-0.4, -0.2) is 4.57 Å². The van der Waals surface area contributed by atoms with Crippen molar-refractivity contribution >= 4 is 38.7 Å².